The Kier molecular flexibility index (Phi) is 4.05. The Balaban J connectivity index is 2.82. The van der Waals surface area contributed by atoms with Gasteiger partial charge in [-0.1, -0.05) is 0 Å². The van der Waals surface area contributed by atoms with Crippen molar-refractivity contribution in [1.29, 1.82) is 0 Å². The third-order valence-corrected chi connectivity index (χ3v) is 2.92. The molecule has 2 N–H and O–H groups in total. The zero-order chi connectivity index (χ0) is 14.7. The molecular weight excluding hydrogens is 262 g/mol. The van der Waals surface area contributed by atoms with Crippen molar-refractivity contribution in [2.75, 3.05) is 13.2 Å². The van der Waals surface area contributed by atoms with Crippen molar-refractivity contribution in [2.24, 2.45) is 0 Å². The van der Waals surface area contributed by atoms with E-state index in [0.717, 1.165) is 0 Å². The average molecular weight is 277 g/mol. The lowest BCUT2D eigenvalue weighted by Crippen LogP contribution is -2.21. The summed E-state index contributed by atoms with van der Waals surface area (Å²) in [6, 6.07) is 5.77. The van der Waals surface area contributed by atoms with Crippen molar-refractivity contribution in [3.05, 3.63) is 40.2 Å². The molecule has 1 aromatic heterocycles. The van der Waals surface area contributed by atoms with Gasteiger partial charge in [0.05, 0.1) is 24.3 Å². The van der Waals surface area contributed by atoms with Crippen molar-refractivity contribution in [3.63, 3.8) is 0 Å². The summed E-state index contributed by atoms with van der Waals surface area (Å²) in [5.74, 6) is -0.735. The number of aliphatic hydroxyl groups is 1. The first kappa shape index (κ1) is 14.1. The molecule has 0 saturated heterocycles. The number of rotatable bonds is 5. The van der Waals surface area contributed by atoms with Crippen LogP contribution >= 0.6 is 0 Å². The van der Waals surface area contributed by atoms with E-state index in [4.69, 9.17) is 14.9 Å². The number of nitrogens with zero attached hydrogens (tertiary/aromatic N) is 1. The summed E-state index contributed by atoms with van der Waals surface area (Å²) < 4.78 is 6.83. The molecule has 0 aliphatic carbocycles. The molecule has 1 aromatic carbocycles. The van der Waals surface area contributed by atoms with Gasteiger partial charge in [-0.05, 0) is 25.1 Å². The second-order valence-electron chi connectivity index (χ2n) is 4.20. The van der Waals surface area contributed by atoms with Gasteiger partial charge in [0, 0.05) is 18.0 Å². The number of hydrogen-bond acceptors (Lipinski definition) is 4. The third kappa shape index (κ3) is 2.50. The van der Waals surface area contributed by atoms with E-state index in [1.165, 1.54) is 22.8 Å². The Labute approximate surface area is 114 Å². The van der Waals surface area contributed by atoms with E-state index in [9.17, 15) is 9.59 Å². The van der Waals surface area contributed by atoms with Crippen molar-refractivity contribution in [3.8, 4) is 5.75 Å². The standard InChI is InChI=1S/C14H15NO5/c1-2-20-11-8-10(14(18)19)7-9-3-4-12(17)15(5-6-16)13(9)11/h3-4,7-8,16H,2,5-6H2,1H3,(H,18,19). The van der Waals surface area contributed by atoms with Crippen LogP contribution in [-0.4, -0.2) is 34.0 Å². The van der Waals surface area contributed by atoms with E-state index in [1.807, 2.05) is 0 Å². The van der Waals surface area contributed by atoms with Crippen molar-refractivity contribution < 1.29 is 19.7 Å². The summed E-state index contributed by atoms with van der Waals surface area (Å²) in [4.78, 5) is 23.0. The molecule has 0 atom stereocenters. The Hall–Kier alpha value is -2.34. The molecule has 0 aliphatic heterocycles. The Bertz CT molecular complexity index is 705. The van der Waals surface area contributed by atoms with Crippen LogP contribution < -0.4 is 10.3 Å². The van der Waals surface area contributed by atoms with Crippen LogP contribution in [0.2, 0.25) is 0 Å². The highest BCUT2D eigenvalue weighted by Gasteiger charge is 2.13. The van der Waals surface area contributed by atoms with E-state index in [2.05, 4.69) is 0 Å². The Morgan fingerprint density at radius 1 is 1.35 bits per heavy atom. The lowest BCUT2D eigenvalue weighted by atomic mass is 10.1. The summed E-state index contributed by atoms with van der Waals surface area (Å²) in [6.07, 6.45) is 0. The molecule has 6 heteroatoms. The molecule has 0 spiro atoms. The van der Waals surface area contributed by atoms with Gasteiger partial charge in [-0.3, -0.25) is 4.79 Å². The van der Waals surface area contributed by atoms with Gasteiger partial charge in [0.1, 0.15) is 5.75 Å². The average Bonchev–Trinajstić information content (AvgIpc) is 2.42. The number of benzene rings is 1. The topological polar surface area (TPSA) is 88.8 Å². The zero-order valence-electron chi connectivity index (χ0n) is 11.0. The van der Waals surface area contributed by atoms with Crippen LogP contribution in [0.5, 0.6) is 5.75 Å². The second-order valence-corrected chi connectivity index (χ2v) is 4.20. The summed E-state index contributed by atoms with van der Waals surface area (Å²) in [6.45, 7) is 2.06. The lowest BCUT2D eigenvalue weighted by molar-refractivity contribution is 0.0696. The fourth-order valence-electron chi connectivity index (χ4n) is 2.12. The van der Waals surface area contributed by atoms with Crippen LogP contribution in [0.4, 0.5) is 0 Å². The molecule has 0 bridgehead atoms. The van der Waals surface area contributed by atoms with Gasteiger partial charge < -0.3 is 19.5 Å². The van der Waals surface area contributed by atoms with Crippen LogP contribution in [0.3, 0.4) is 0 Å². The molecule has 0 unspecified atom stereocenters. The Morgan fingerprint density at radius 3 is 2.70 bits per heavy atom. The number of hydrogen-bond donors (Lipinski definition) is 2. The number of carboxylic acid groups (broad SMARTS) is 1. The van der Waals surface area contributed by atoms with Crippen molar-refractivity contribution in [2.45, 2.75) is 13.5 Å². The minimum Gasteiger partial charge on any atom is -0.492 e. The highest BCUT2D eigenvalue weighted by molar-refractivity contribution is 5.96. The molecule has 0 fully saturated rings. The number of pyridine rings is 1. The van der Waals surface area contributed by atoms with Crippen LogP contribution in [-0.2, 0) is 6.54 Å². The summed E-state index contributed by atoms with van der Waals surface area (Å²) in [7, 11) is 0. The maximum Gasteiger partial charge on any atom is 0.335 e. The smallest absolute Gasteiger partial charge is 0.335 e. The zero-order valence-corrected chi connectivity index (χ0v) is 11.0. The van der Waals surface area contributed by atoms with Gasteiger partial charge in [-0.15, -0.1) is 0 Å². The van der Waals surface area contributed by atoms with Crippen molar-refractivity contribution in [1.82, 2.24) is 4.57 Å². The largest absolute Gasteiger partial charge is 0.492 e. The third-order valence-electron chi connectivity index (χ3n) is 2.92. The van der Waals surface area contributed by atoms with Crippen LogP contribution in [0.25, 0.3) is 10.9 Å². The molecule has 106 valence electrons. The van der Waals surface area contributed by atoms with Gasteiger partial charge >= 0.3 is 5.97 Å². The molecule has 1 heterocycles. The van der Waals surface area contributed by atoms with E-state index < -0.39 is 5.97 Å². The van der Waals surface area contributed by atoms with E-state index >= 15 is 0 Å². The minimum absolute atomic E-state index is 0.0927. The van der Waals surface area contributed by atoms with E-state index in [0.29, 0.717) is 23.3 Å². The number of aromatic carboxylic acids is 1. The monoisotopic (exact) mass is 277 g/mol. The maximum absolute atomic E-state index is 11.9. The predicted molar refractivity (Wildman–Crippen MR) is 73.4 cm³/mol. The number of fused-ring (bicyclic) bond motifs is 1. The number of carboxylic acids is 1. The molecule has 0 amide bonds. The first-order valence-electron chi connectivity index (χ1n) is 6.23. The van der Waals surface area contributed by atoms with E-state index in [-0.39, 0.29) is 24.3 Å². The first-order valence-corrected chi connectivity index (χ1v) is 6.23. The highest BCUT2D eigenvalue weighted by Crippen LogP contribution is 2.27. The van der Waals surface area contributed by atoms with Crippen molar-refractivity contribution >= 4 is 16.9 Å². The van der Waals surface area contributed by atoms with Crippen LogP contribution in [0.1, 0.15) is 17.3 Å². The second kappa shape index (κ2) is 5.75. The Morgan fingerprint density at radius 2 is 2.10 bits per heavy atom. The maximum atomic E-state index is 11.9. The van der Waals surface area contributed by atoms with Crippen LogP contribution in [0, 0.1) is 0 Å². The molecule has 0 radical (unpaired) electrons. The van der Waals surface area contributed by atoms with E-state index in [1.54, 1.807) is 13.0 Å². The number of aliphatic hydroxyl groups excluding tert-OH is 1. The van der Waals surface area contributed by atoms with Crippen LogP contribution in [0.15, 0.2) is 29.1 Å². The molecule has 20 heavy (non-hydrogen) atoms. The number of carbonyl (C=O) groups is 1. The quantitative estimate of drug-likeness (QED) is 0.854. The molecular formula is C14H15NO5. The fourth-order valence-corrected chi connectivity index (χ4v) is 2.12. The van der Waals surface area contributed by atoms with Gasteiger partial charge in [-0.2, -0.15) is 0 Å². The predicted octanol–water partition coefficient (Wildman–Crippen LogP) is 1.09. The van der Waals surface area contributed by atoms with Gasteiger partial charge in [-0.25, -0.2) is 4.79 Å². The molecule has 0 saturated carbocycles. The normalized spacial score (nSPS) is 10.7. The molecule has 2 rings (SSSR count). The number of aromatic nitrogens is 1. The SMILES string of the molecule is CCOc1cc(C(=O)O)cc2ccc(=O)n(CCO)c12. The summed E-state index contributed by atoms with van der Waals surface area (Å²) >= 11 is 0. The molecule has 6 nitrogen and oxygen atoms in total. The lowest BCUT2D eigenvalue weighted by Gasteiger charge is -2.14. The summed E-state index contributed by atoms with van der Waals surface area (Å²) in [5, 5.41) is 18.8. The highest BCUT2D eigenvalue weighted by atomic mass is 16.5. The first-order chi connectivity index (χ1) is 9.58. The summed E-state index contributed by atoms with van der Waals surface area (Å²) in [5.41, 5.74) is 0.323. The van der Waals surface area contributed by atoms with Gasteiger partial charge in [0.25, 0.3) is 5.56 Å². The molecule has 2 aromatic rings. The fraction of sp³-hybridized carbons (Fsp3) is 0.286. The number of ether oxygens (including phenoxy) is 1. The van der Waals surface area contributed by atoms with Gasteiger partial charge in [0.15, 0.2) is 0 Å². The van der Waals surface area contributed by atoms with Gasteiger partial charge in [0.2, 0.25) is 0 Å². The minimum atomic E-state index is -1.06. The molecule has 0 aliphatic rings.